The maximum Gasteiger partial charge on any atom is 0.317 e. The molecule has 2 aromatic carbocycles. The van der Waals surface area contributed by atoms with Gasteiger partial charge in [-0.2, -0.15) is 0 Å². The first kappa shape index (κ1) is 21.4. The van der Waals surface area contributed by atoms with Gasteiger partial charge < -0.3 is 20.3 Å². The van der Waals surface area contributed by atoms with Gasteiger partial charge in [-0.15, -0.1) is 0 Å². The molecular formula is C22H29N3O3. The minimum Gasteiger partial charge on any atom is -0.377 e. The molecule has 28 heavy (non-hydrogen) atoms. The second-order valence-electron chi connectivity index (χ2n) is 6.61. The van der Waals surface area contributed by atoms with E-state index in [9.17, 15) is 9.59 Å². The summed E-state index contributed by atoms with van der Waals surface area (Å²) >= 11 is 0. The van der Waals surface area contributed by atoms with Crippen LogP contribution >= 0.6 is 0 Å². The molecule has 0 spiro atoms. The molecule has 0 saturated heterocycles. The number of amides is 3. The summed E-state index contributed by atoms with van der Waals surface area (Å²) in [6.07, 6.45) is 0.980. The number of nitrogens with one attached hydrogen (secondary N) is 2. The molecule has 0 radical (unpaired) electrons. The molecule has 0 aliphatic carbocycles. The summed E-state index contributed by atoms with van der Waals surface area (Å²) in [5.41, 5.74) is 3.69. The average Bonchev–Trinajstić information content (AvgIpc) is 2.72. The topological polar surface area (TPSA) is 70.7 Å². The molecule has 0 aliphatic rings. The minimum atomic E-state index is -0.153. The van der Waals surface area contributed by atoms with Crippen LogP contribution in [0.25, 0.3) is 0 Å². The van der Waals surface area contributed by atoms with Crippen LogP contribution in [-0.2, 0) is 24.4 Å². The van der Waals surface area contributed by atoms with Crippen molar-refractivity contribution in [1.29, 1.82) is 0 Å². The molecule has 0 fully saturated rings. The third-order valence-corrected chi connectivity index (χ3v) is 4.36. The van der Waals surface area contributed by atoms with E-state index in [-0.39, 0.29) is 11.9 Å². The third-order valence-electron chi connectivity index (χ3n) is 4.36. The van der Waals surface area contributed by atoms with Gasteiger partial charge in [-0.25, -0.2) is 4.79 Å². The van der Waals surface area contributed by atoms with Crippen LogP contribution in [0.15, 0.2) is 48.5 Å². The highest BCUT2D eigenvalue weighted by molar-refractivity contribution is 5.93. The van der Waals surface area contributed by atoms with E-state index in [1.165, 1.54) is 0 Å². The van der Waals surface area contributed by atoms with E-state index in [0.717, 1.165) is 29.7 Å². The van der Waals surface area contributed by atoms with Gasteiger partial charge in [0.2, 0.25) is 0 Å². The largest absolute Gasteiger partial charge is 0.377 e. The van der Waals surface area contributed by atoms with E-state index in [0.29, 0.717) is 25.3 Å². The highest BCUT2D eigenvalue weighted by atomic mass is 16.5. The van der Waals surface area contributed by atoms with Gasteiger partial charge in [0.25, 0.3) is 5.91 Å². The molecular weight excluding hydrogens is 354 g/mol. The van der Waals surface area contributed by atoms with Crippen molar-refractivity contribution < 1.29 is 14.3 Å². The van der Waals surface area contributed by atoms with Crippen molar-refractivity contribution in [3.8, 4) is 0 Å². The Morgan fingerprint density at radius 3 is 2.36 bits per heavy atom. The predicted octanol–water partition coefficient (Wildman–Crippen LogP) is 3.31. The Bertz CT molecular complexity index is 775. The number of benzene rings is 2. The van der Waals surface area contributed by atoms with Crippen molar-refractivity contribution in [1.82, 2.24) is 15.5 Å². The number of hydrogen-bond donors (Lipinski definition) is 2. The van der Waals surface area contributed by atoms with E-state index < -0.39 is 0 Å². The van der Waals surface area contributed by atoms with Gasteiger partial charge in [-0.1, -0.05) is 43.3 Å². The van der Waals surface area contributed by atoms with E-state index in [1.54, 1.807) is 31.1 Å². The summed E-state index contributed by atoms with van der Waals surface area (Å²) in [5.74, 6) is -0.126. The number of hydrogen-bond acceptors (Lipinski definition) is 3. The van der Waals surface area contributed by atoms with Crippen LogP contribution in [0.1, 0.15) is 40.4 Å². The second kappa shape index (κ2) is 11.1. The van der Waals surface area contributed by atoms with Gasteiger partial charge in [0, 0.05) is 39.4 Å². The van der Waals surface area contributed by atoms with Crippen molar-refractivity contribution in [2.75, 3.05) is 20.7 Å². The zero-order valence-corrected chi connectivity index (χ0v) is 16.8. The molecule has 0 unspecified atom stereocenters. The van der Waals surface area contributed by atoms with E-state index >= 15 is 0 Å². The minimum absolute atomic E-state index is 0.126. The van der Waals surface area contributed by atoms with Gasteiger partial charge in [-0.05, 0) is 35.2 Å². The van der Waals surface area contributed by atoms with Gasteiger partial charge in [0.15, 0.2) is 0 Å². The second-order valence-corrected chi connectivity index (χ2v) is 6.61. The predicted molar refractivity (Wildman–Crippen MR) is 110 cm³/mol. The summed E-state index contributed by atoms with van der Waals surface area (Å²) in [6.45, 7) is 4.26. The lowest BCUT2D eigenvalue weighted by Gasteiger charge is -2.19. The fourth-order valence-corrected chi connectivity index (χ4v) is 2.75. The monoisotopic (exact) mass is 383 g/mol. The highest BCUT2D eigenvalue weighted by Gasteiger charge is 2.11. The van der Waals surface area contributed by atoms with Gasteiger partial charge >= 0.3 is 6.03 Å². The molecule has 0 atom stereocenters. The van der Waals surface area contributed by atoms with E-state index in [2.05, 4.69) is 17.6 Å². The van der Waals surface area contributed by atoms with Crippen LogP contribution in [0.3, 0.4) is 0 Å². The lowest BCUT2D eigenvalue weighted by molar-refractivity contribution is 0.0963. The number of ether oxygens (including phenoxy) is 1. The van der Waals surface area contributed by atoms with Crippen LogP contribution in [-0.4, -0.2) is 37.5 Å². The Morgan fingerprint density at radius 1 is 1.04 bits per heavy atom. The number of carbonyl (C=O) groups is 2. The van der Waals surface area contributed by atoms with Gasteiger partial charge in [-0.3, -0.25) is 4.79 Å². The maximum atomic E-state index is 12.4. The molecule has 6 heteroatoms. The fraction of sp³-hybridized carbons (Fsp3) is 0.364. The molecule has 3 amide bonds. The summed E-state index contributed by atoms with van der Waals surface area (Å²) in [6, 6.07) is 15.0. The van der Waals surface area contributed by atoms with Crippen molar-refractivity contribution in [2.24, 2.45) is 0 Å². The normalized spacial score (nSPS) is 10.4. The number of nitrogens with zero attached hydrogens (tertiary/aromatic N) is 1. The maximum absolute atomic E-state index is 12.4. The zero-order chi connectivity index (χ0) is 20.4. The molecule has 0 aromatic heterocycles. The third kappa shape index (κ3) is 6.39. The molecule has 0 aliphatic heterocycles. The summed E-state index contributed by atoms with van der Waals surface area (Å²) in [7, 11) is 3.35. The molecule has 0 bridgehead atoms. The quantitative estimate of drug-likeness (QED) is 0.653. The van der Waals surface area contributed by atoms with Crippen LogP contribution < -0.4 is 10.6 Å². The summed E-state index contributed by atoms with van der Waals surface area (Å²) < 4.78 is 5.63. The summed E-state index contributed by atoms with van der Waals surface area (Å²) in [5, 5.41) is 5.55. The van der Waals surface area contributed by atoms with Crippen LogP contribution in [0.5, 0.6) is 0 Å². The van der Waals surface area contributed by atoms with E-state index in [1.807, 2.05) is 36.4 Å². The Hall–Kier alpha value is -2.86. The summed E-state index contributed by atoms with van der Waals surface area (Å²) in [4.78, 5) is 25.6. The first-order chi connectivity index (χ1) is 13.5. The molecule has 2 rings (SSSR count). The average molecular weight is 383 g/mol. The van der Waals surface area contributed by atoms with Crippen molar-refractivity contribution in [3.63, 3.8) is 0 Å². The molecule has 6 nitrogen and oxygen atoms in total. The Balaban J connectivity index is 1.88. The molecule has 0 saturated carbocycles. The van der Waals surface area contributed by atoms with E-state index in [4.69, 9.17) is 4.74 Å². The number of carbonyl (C=O) groups excluding carboxylic acids is 2. The smallest absolute Gasteiger partial charge is 0.317 e. The Labute approximate surface area is 166 Å². The van der Waals surface area contributed by atoms with Crippen LogP contribution in [0.2, 0.25) is 0 Å². The SMILES string of the molecule is CCCOCc1ccccc1CNC(=O)N(C)Cc1ccc(C(=O)NC)cc1. The lowest BCUT2D eigenvalue weighted by Crippen LogP contribution is -2.36. The van der Waals surface area contributed by atoms with Crippen molar-refractivity contribution in [3.05, 3.63) is 70.8 Å². The van der Waals surface area contributed by atoms with Crippen molar-refractivity contribution >= 4 is 11.9 Å². The number of rotatable bonds is 9. The molecule has 150 valence electrons. The first-order valence-electron chi connectivity index (χ1n) is 9.49. The molecule has 2 aromatic rings. The highest BCUT2D eigenvalue weighted by Crippen LogP contribution is 2.11. The molecule has 2 N–H and O–H groups in total. The van der Waals surface area contributed by atoms with Crippen LogP contribution in [0.4, 0.5) is 4.79 Å². The van der Waals surface area contributed by atoms with Gasteiger partial charge in [0.1, 0.15) is 0 Å². The Morgan fingerprint density at radius 2 is 1.71 bits per heavy atom. The zero-order valence-electron chi connectivity index (χ0n) is 16.8. The van der Waals surface area contributed by atoms with Crippen LogP contribution in [0, 0.1) is 0 Å². The fourth-order valence-electron chi connectivity index (χ4n) is 2.75. The standard InChI is InChI=1S/C22H29N3O3/c1-4-13-28-16-20-8-6-5-7-19(20)14-24-22(27)25(3)15-17-9-11-18(12-10-17)21(26)23-2/h5-12H,4,13-16H2,1-3H3,(H,23,26)(H,24,27). The number of urea groups is 1. The Kier molecular flexibility index (Phi) is 8.49. The van der Waals surface area contributed by atoms with Gasteiger partial charge in [0.05, 0.1) is 6.61 Å². The lowest BCUT2D eigenvalue weighted by atomic mass is 10.1. The first-order valence-corrected chi connectivity index (χ1v) is 9.49. The molecule has 0 heterocycles. The van der Waals surface area contributed by atoms with Crippen molar-refractivity contribution in [2.45, 2.75) is 33.0 Å².